The quantitative estimate of drug-likeness (QED) is 0.821. The van der Waals surface area contributed by atoms with Crippen molar-refractivity contribution in [2.75, 3.05) is 0 Å². The summed E-state index contributed by atoms with van der Waals surface area (Å²) in [6, 6.07) is -0.460. The summed E-state index contributed by atoms with van der Waals surface area (Å²) < 4.78 is 5.12. The van der Waals surface area contributed by atoms with E-state index in [0.717, 1.165) is 12.8 Å². The van der Waals surface area contributed by atoms with Gasteiger partial charge < -0.3 is 10.1 Å². The SMILES string of the molecule is CC[C@@H]1C[C@H]1CC(=O)[C@H](C)NC(=O)OC(C)(C)C. The molecule has 0 aromatic rings. The van der Waals surface area contributed by atoms with E-state index in [1.165, 1.54) is 0 Å². The monoisotopic (exact) mass is 255 g/mol. The molecule has 0 radical (unpaired) electrons. The van der Waals surface area contributed by atoms with Gasteiger partial charge >= 0.3 is 6.09 Å². The molecule has 1 rings (SSSR count). The van der Waals surface area contributed by atoms with E-state index in [1.807, 2.05) is 0 Å². The highest BCUT2D eigenvalue weighted by Gasteiger charge is 2.37. The predicted molar refractivity (Wildman–Crippen MR) is 70.3 cm³/mol. The van der Waals surface area contributed by atoms with Crippen LogP contribution in [0, 0.1) is 11.8 Å². The van der Waals surface area contributed by atoms with Crippen LogP contribution in [0.15, 0.2) is 0 Å². The van der Waals surface area contributed by atoms with Crippen LogP contribution in [0.5, 0.6) is 0 Å². The number of hydrogen-bond donors (Lipinski definition) is 1. The Kier molecular flexibility index (Phi) is 4.77. The largest absolute Gasteiger partial charge is 0.444 e. The van der Waals surface area contributed by atoms with Crippen molar-refractivity contribution in [1.82, 2.24) is 5.32 Å². The molecule has 0 aliphatic heterocycles. The second-order valence-corrected chi connectivity index (χ2v) is 6.20. The van der Waals surface area contributed by atoms with Gasteiger partial charge in [0.25, 0.3) is 0 Å². The molecular weight excluding hydrogens is 230 g/mol. The topological polar surface area (TPSA) is 55.4 Å². The first-order valence-electron chi connectivity index (χ1n) is 6.75. The molecule has 18 heavy (non-hydrogen) atoms. The Hall–Kier alpha value is -1.06. The molecule has 1 aliphatic carbocycles. The maximum atomic E-state index is 11.9. The molecule has 0 unspecified atom stereocenters. The molecule has 1 N–H and O–H groups in total. The summed E-state index contributed by atoms with van der Waals surface area (Å²) in [5.41, 5.74) is -0.531. The van der Waals surface area contributed by atoms with E-state index < -0.39 is 17.7 Å². The number of amides is 1. The zero-order valence-corrected chi connectivity index (χ0v) is 12.1. The van der Waals surface area contributed by atoms with Crippen molar-refractivity contribution < 1.29 is 14.3 Å². The van der Waals surface area contributed by atoms with Crippen LogP contribution < -0.4 is 5.32 Å². The van der Waals surface area contributed by atoms with Crippen molar-refractivity contribution >= 4 is 11.9 Å². The van der Waals surface area contributed by atoms with Gasteiger partial charge in [0.2, 0.25) is 0 Å². The number of nitrogens with one attached hydrogen (secondary N) is 1. The van der Waals surface area contributed by atoms with Crippen molar-refractivity contribution in [3.8, 4) is 0 Å². The summed E-state index contributed by atoms with van der Waals surface area (Å²) in [6.45, 7) is 9.27. The highest BCUT2D eigenvalue weighted by Crippen LogP contribution is 2.43. The van der Waals surface area contributed by atoms with E-state index in [9.17, 15) is 9.59 Å². The third kappa shape index (κ3) is 5.07. The minimum absolute atomic E-state index is 0.0989. The molecule has 0 spiro atoms. The maximum absolute atomic E-state index is 11.9. The number of alkyl carbamates (subject to hydrolysis) is 1. The highest BCUT2D eigenvalue weighted by atomic mass is 16.6. The molecule has 1 saturated carbocycles. The Bertz CT molecular complexity index is 319. The number of hydrogen-bond acceptors (Lipinski definition) is 3. The smallest absolute Gasteiger partial charge is 0.408 e. The average Bonchev–Trinajstić information content (AvgIpc) is 2.93. The molecule has 0 aromatic carbocycles. The molecule has 0 heterocycles. The van der Waals surface area contributed by atoms with E-state index in [-0.39, 0.29) is 5.78 Å². The van der Waals surface area contributed by atoms with Gasteiger partial charge in [-0.3, -0.25) is 4.79 Å². The third-order valence-corrected chi connectivity index (χ3v) is 3.27. The molecule has 4 nitrogen and oxygen atoms in total. The zero-order chi connectivity index (χ0) is 13.9. The fourth-order valence-corrected chi connectivity index (χ4v) is 2.06. The molecule has 4 heteroatoms. The Balaban J connectivity index is 2.29. The molecule has 0 aromatic heterocycles. The second kappa shape index (κ2) is 5.72. The first-order chi connectivity index (χ1) is 8.23. The molecule has 1 fully saturated rings. The van der Waals surface area contributed by atoms with Crippen LogP contribution in [0.25, 0.3) is 0 Å². The highest BCUT2D eigenvalue weighted by molar-refractivity contribution is 5.87. The number of carbonyl (C=O) groups excluding carboxylic acids is 2. The normalized spacial score (nSPS) is 24.3. The molecule has 1 aliphatic rings. The van der Waals surface area contributed by atoms with Gasteiger partial charge in [0.05, 0.1) is 6.04 Å². The average molecular weight is 255 g/mol. The summed E-state index contributed by atoms with van der Waals surface area (Å²) >= 11 is 0. The number of ketones is 1. The third-order valence-electron chi connectivity index (χ3n) is 3.27. The molecule has 0 bridgehead atoms. The van der Waals surface area contributed by atoms with Gasteiger partial charge in [-0.1, -0.05) is 13.3 Å². The lowest BCUT2D eigenvalue weighted by Gasteiger charge is -2.21. The van der Waals surface area contributed by atoms with Crippen molar-refractivity contribution in [1.29, 1.82) is 0 Å². The zero-order valence-electron chi connectivity index (χ0n) is 12.1. The van der Waals surface area contributed by atoms with Gasteiger partial charge in [0, 0.05) is 6.42 Å². The predicted octanol–water partition coefficient (Wildman–Crippen LogP) is 2.90. The summed E-state index contributed by atoms with van der Waals surface area (Å²) in [6.07, 6.45) is 2.36. The first-order valence-corrected chi connectivity index (χ1v) is 6.75. The van der Waals surface area contributed by atoms with Gasteiger partial charge in [-0.15, -0.1) is 0 Å². The van der Waals surface area contributed by atoms with Gasteiger partial charge in [-0.25, -0.2) is 4.79 Å². The van der Waals surface area contributed by atoms with Crippen molar-refractivity contribution in [3.63, 3.8) is 0 Å². The summed E-state index contributed by atoms with van der Waals surface area (Å²) in [4.78, 5) is 23.4. The fraction of sp³-hybridized carbons (Fsp3) is 0.857. The summed E-state index contributed by atoms with van der Waals surface area (Å²) in [7, 11) is 0. The molecule has 104 valence electrons. The number of rotatable bonds is 5. The van der Waals surface area contributed by atoms with Gasteiger partial charge in [0.15, 0.2) is 5.78 Å². The Labute approximate surface area is 109 Å². The van der Waals surface area contributed by atoms with Gasteiger partial charge in [-0.2, -0.15) is 0 Å². The lowest BCUT2D eigenvalue weighted by molar-refractivity contribution is -0.121. The first kappa shape index (κ1) is 15.0. The minimum Gasteiger partial charge on any atom is -0.444 e. The summed E-state index contributed by atoms with van der Waals surface area (Å²) in [5, 5.41) is 2.59. The Morgan fingerprint density at radius 3 is 2.39 bits per heavy atom. The minimum atomic E-state index is -0.531. The molecular formula is C14H25NO3. The number of carbonyl (C=O) groups is 2. The number of ether oxygens (including phenoxy) is 1. The maximum Gasteiger partial charge on any atom is 0.408 e. The van der Waals surface area contributed by atoms with Gasteiger partial charge in [-0.05, 0) is 46.0 Å². The Morgan fingerprint density at radius 1 is 1.33 bits per heavy atom. The molecule has 3 atom stereocenters. The van der Waals surface area contributed by atoms with E-state index in [0.29, 0.717) is 18.3 Å². The lowest BCUT2D eigenvalue weighted by Crippen LogP contribution is -2.41. The van der Waals surface area contributed by atoms with Crippen LogP contribution in [0.1, 0.15) is 53.9 Å². The van der Waals surface area contributed by atoms with Crippen LogP contribution in [-0.2, 0) is 9.53 Å². The van der Waals surface area contributed by atoms with Crippen LogP contribution in [0.3, 0.4) is 0 Å². The molecule has 0 saturated heterocycles. The fourth-order valence-electron chi connectivity index (χ4n) is 2.06. The van der Waals surface area contributed by atoms with Crippen molar-refractivity contribution in [2.24, 2.45) is 11.8 Å². The van der Waals surface area contributed by atoms with E-state index in [2.05, 4.69) is 12.2 Å². The second-order valence-electron chi connectivity index (χ2n) is 6.20. The van der Waals surface area contributed by atoms with Gasteiger partial charge in [0.1, 0.15) is 5.60 Å². The van der Waals surface area contributed by atoms with Crippen LogP contribution in [-0.4, -0.2) is 23.5 Å². The van der Waals surface area contributed by atoms with Crippen LogP contribution >= 0.6 is 0 Å². The van der Waals surface area contributed by atoms with Crippen LogP contribution in [0.4, 0.5) is 4.79 Å². The lowest BCUT2D eigenvalue weighted by atomic mass is 10.1. The van der Waals surface area contributed by atoms with Crippen molar-refractivity contribution in [3.05, 3.63) is 0 Å². The van der Waals surface area contributed by atoms with E-state index in [1.54, 1.807) is 27.7 Å². The van der Waals surface area contributed by atoms with Crippen molar-refractivity contribution in [2.45, 2.75) is 65.5 Å². The van der Waals surface area contributed by atoms with Crippen LogP contribution in [0.2, 0.25) is 0 Å². The standard InChI is InChI=1S/C14H25NO3/c1-6-10-7-11(10)8-12(16)9(2)15-13(17)18-14(3,4)5/h9-11H,6-8H2,1-5H3,(H,15,17)/t9-,10+,11-/m0/s1. The number of Topliss-reactive ketones (excluding diaryl/α,β-unsaturated/α-hetero) is 1. The molecule has 1 amide bonds. The van der Waals surface area contributed by atoms with E-state index >= 15 is 0 Å². The van der Waals surface area contributed by atoms with E-state index in [4.69, 9.17) is 4.74 Å². The Morgan fingerprint density at radius 2 is 1.94 bits per heavy atom. The summed E-state index contributed by atoms with van der Waals surface area (Å²) in [5.74, 6) is 1.34.